The van der Waals surface area contributed by atoms with Crippen LogP contribution < -0.4 is 10.1 Å². The lowest BCUT2D eigenvalue weighted by Crippen LogP contribution is -2.64. The molecular formula is C32H35FN2O9S. The summed E-state index contributed by atoms with van der Waals surface area (Å²) in [5.41, 5.74) is -0.853. The molecule has 1 heterocycles. The normalized spacial score (nSPS) is 16.0. The molecule has 3 aromatic carbocycles. The van der Waals surface area contributed by atoms with E-state index >= 15 is 0 Å². The van der Waals surface area contributed by atoms with E-state index in [1.165, 1.54) is 53.7 Å². The standard InChI is InChI=1S/C32H35FN2O9S/c1-21(42-29(38)31(2,3)4)43-30(39)34-27(28(36)37)17-22-10-8-15-26(16-22)45(40,41)35-19-32(20-35,23-11-6-5-7-12-23)44-25-14-9-13-24(33)18-25/h5-16,18,21,27H,17,19-20H2,1-4H3,(H,34,39)(H,36,37)/t21-,27?/m1/s1. The molecule has 0 bridgehead atoms. The Morgan fingerprint density at radius 2 is 1.64 bits per heavy atom. The third-order valence-corrected chi connectivity index (χ3v) is 8.79. The van der Waals surface area contributed by atoms with Crippen LogP contribution in [0.3, 0.4) is 0 Å². The smallest absolute Gasteiger partial charge is 0.410 e. The van der Waals surface area contributed by atoms with Crippen molar-refractivity contribution in [3.8, 4) is 5.75 Å². The van der Waals surface area contributed by atoms with Gasteiger partial charge < -0.3 is 24.6 Å². The number of nitrogens with one attached hydrogen (secondary N) is 1. The largest absolute Gasteiger partial charge is 0.480 e. The quantitative estimate of drug-likeness (QED) is 0.228. The molecule has 2 N–H and O–H groups in total. The van der Waals surface area contributed by atoms with Crippen molar-refractivity contribution in [2.75, 3.05) is 13.1 Å². The number of aliphatic carboxylic acids is 1. The van der Waals surface area contributed by atoms with E-state index in [0.717, 1.165) is 5.56 Å². The summed E-state index contributed by atoms with van der Waals surface area (Å²) in [6.07, 6.45) is -2.67. The van der Waals surface area contributed by atoms with Gasteiger partial charge >= 0.3 is 18.0 Å². The van der Waals surface area contributed by atoms with Gasteiger partial charge in [-0.2, -0.15) is 4.31 Å². The number of halogens is 1. The first-order valence-electron chi connectivity index (χ1n) is 14.1. The number of hydrogen-bond donors (Lipinski definition) is 2. The molecule has 11 nitrogen and oxygen atoms in total. The molecule has 45 heavy (non-hydrogen) atoms. The SMILES string of the molecule is C[C@@H](OC(=O)NC(Cc1cccc(S(=O)(=O)N2CC(Oc3cccc(F)c3)(c3ccccc3)C2)c1)C(=O)O)OC(=O)C(C)(C)C. The van der Waals surface area contributed by atoms with Crippen LogP contribution in [0, 0.1) is 11.2 Å². The van der Waals surface area contributed by atoms with Crippen LogP contribution in [0.25, 0.3) is 0 Å². The minimum atomic E-state index is -4.05. The lowest BCUT2D eigenvalue weighted by atomic mass is 9.87. The molecule has 1 amide bonds. The Hall–Kier alpha value is -4.49. The van der Waals surface area contributed by atoms with Crippen LogP contribution in [0.15, 0.2) is 83.8 Å². The number of carbonyl (C=O) groups is 3. The zero-order valence-corrected chi connectivity index (χ0v) is 26.0. The van der Waals surface area contributed by atoms with Crippen LogP contribution in [0.5, 0.6) is 5.75 Å². The number of alkyl carbamates (subject to hydrolysis) is 1. The van der Waals surface area contributed by atoms with Gasteiger partial charge in [0.15, 0.2) is 5.60 Å². The Balaban J connectivity index is 1.46. The van der Waals surface area contributed by atoms with Crippen molar-refractivity contribution in [1.29, 1.82) is 0 Å². The molecule has 4 rings (SSSR count). The number of amides is 1. The van der Waals surface area contributed by atoms with Gasteiger partial charge in [-0.1, -0.05) is 48.5 Å². The summed E-state index contributed by atoms with van der Waals surface area (Å²) in [6.45, 7) is 6.09. The topological polar surface area (TPSA) is 149 Å². The number of carboxylic acids is 1. The summed E-state index contributed by atoms with van der Waals surface area (Å²) in [7, 11) is -4.05. The Morgan fingerprint density at radius 3 is 2.27 bits per heavy atom. The van der Waals surface area contributed by atoms with E-state index in [1.54, 1.807) is 39.0 Å². The van der Waals surface area contributed by atoms with Crippen LogP contribution >= 0.6 is 0 Å². The number of benzene rings is 3. The fourth-order valence-electron chi connectivity index (χ4n) is 4.59. The van der Waals surface area contributed by atoms with E-state index in [2.05, 4.69) is 5.32 Å². The second kappa shape index (κ2) is 13.2. The molecule has 0 spiro atoms. The number of esters is 1. The van der Waals surface area contributed by atoms with Crippen LogP contribution in [0.2, 0.25) is 0 Å². The van der Waals surface area contributed by atoms with Gasteiger partial charge in [0.05, 0.1) is 23.4 Å². The van der Waals surface area contributed by atoms with E-state index in [0.29, 0.717) is 5.56 Å². The van der Waals surface area contributed by atoms with Gasteiger partial charge in [0.1, 0.15) is 17.6 Å². The average Bonchev–Trinajstić information content (AvgIpc) is 2.94. The van der Waals surface area contributed by atoms with Gasteiger partial charge in [-0.05, 0) is 56.2 Å². The van der Waals surface area contributed by atoms with E-state index in [4.69, 9.17) is 14.2 Å². The van der Waals surface area contributed by atoms with Crippen molar-refractivity contribution in [3.05, 3.63) is 95.8 Å². The number of nitrogens with zero attached hydrogens (tertiary/aromatic N) is 1. The number of rotatable bonds is 11. The van der Waals surface area contributed by atoms with Crippen molar-refractivity contribution < 1.29 is 46.5 Å². The summed E-state index contributed by atoms with van der Waals surface area (Å²) in [4.78, 5) is 36.2. The first kappa shape index (κ1) is 33.4. The Labute approximate surface area is 261 Å². The molecule has 0 radical (unpaired) electrons. The molecule has 1 aliphatic heterocycles. The average molecular weight is 643 g/mol. The van der Waals surface area contributed by atoms with Gasteiger partial charge in [0.2, 0.25) is 16.3 Å². The lowest BCUT2D eigenvalue weighted by Gasteiger charge is -2.48. The predicted octanol–water partition coefficient (Wildman–Crippen LogP) is 4.46. The highest BCUT2D eigenvalue weighted by atomic mass is 32.2. The molecule has 1 aliphatic rings. The predicted molar refractivity (Wildman–Crippen MR) is 160 cm³/mol. The maximum absolute atomic E-state index is 13.9. The minimum Gasteiger partial charge on any atom is -0.480 e. The third-order valence-electron chi connectivity index (χ3n) is 7.00. The van der Waals surface area contributed by atoms with Gasteiger partial charge in [0, 0.05) is 19.4 Å². The number of sulfonamides is 1. The highest BCUT2D eigenvalue weighted by molar-refractivity contribution is 7.89. The fourth-order valence-corrected chi connectivity index (χ4v) is 6.20. The molecule has 1 fully saturated rings. The molecule has 1 saturated heterocycles. The summed E-state index contributed by atoms with van der Waals surface area (Å²) >= 11 is 0. The Kier molecular flexibility index (Phi) is 9.83. The maximum Gasteiger partial charge on any atom is 0.410 e. The number of ether oxygens (including phenoxy) is 3. The van der Waals surface area contributed by atoms with E-state index < -0.39 is 57.2 Å². The third kappa shape index (κ3) is 8.17. The zero-order chi connectivity index (χ0) is 33.0. The fraction of sp³-hybridized carbons (Fsp3) is 0.344. The number of carboxylic acid groups (broad SMARTS) is 1. The molecule has 0 aliphatic carbocycles. The van der Waals surface area contributed by atoms with Gasteiger partial charge in [-0.25, -0.2) is 22.4 Å². The molecule has 3 aromatic rings. The van der Waals surface area contributed by atoms with Gasteiger partial charge in [0.25, 0.3) is 0 Å². The summed E-state index contributed by atoms with van der Waals surface area (Å²) in [5.74, 6) is -2.23. The highest BCUT2D eigenvalue weighted by Gasteiger charge is 2.52. The van der Waals surface area contributed by atoms with Gasteiger partial charge in [-0.3, -0.25) is 4.79 Å². The highest BCUT2D eigenvalue weighted by Crippen LogP contribution is 2.40. The minimum absolute atomic E-state index is 0.0524. The Bertz CT molecular complexity index is 1650. The maximum atomic E-state index is 13.9. The summed E-state index contributed by atoms with van der Waals surface area (Å²) in [5, 5.41) is 11.9. The van der Waals surface area contributed by atoms with Crippen LogP contribution in [0.4, 0.5) is 9.18 Å². The molecule has 0 saturated carbocycles. The van der Waals surface area contributed by atoms with Crippen LogP contribution in [-0.2, 0) is 41.1 Å². The van der Waals surface area contributed by atoms with Crippen molar-refractivity contribution in [1.82, 2.24) is 9.62 Å². The molecule has 240 valence electrons. The molecule has 0 aromatic heterocycles. The summed E-state index contributed by atoms with van der Waals surface area (Å²) < 4.78 is 58.6. The van der Waals surface area contributed by atoms with Crippen molar-refractivity contribution in [2.45, 2.75) is 56.9 Å². The monoisotopic (exact) mass is 642 g/mol. The van der Waals surface area contributed by atoms with Gasteiger partial charge in [-0.15, -0.1) is 0 Å². The lowest BCUT2D eigenvalue weighted by molar-refractivity contribution is -0.174. The molecular weight excluding hydrogens is 607 g/mol. The number of hydrogen-bond acceptors (Lipinski definition) is 8. The second-order valence-electron chi connectivity index (χ2n) is 11.7. The van der Waals surface area contributed by atoms with E-state index in [9.17, 15) is 32.3 Å². The molecule has 1 unspecified atom stereocenters. The zero-order valence-electron chi connectivity index (χ0n) is 25.2. The van der Waals surface area contributed by atoms with Crippen molar-refractivity contribution in [2.24, 2.45) is 5.41 Å². The Morgan fingerprint density at radius 1 is 0.978 bits per heavy atom. The molecule has 2 atom stereocenters. The number of carbonyl (C=O) groups excluding carboxylic acids is 2. The first-order valence-corrected chi connectivity index (χ1v) is 15.5. The van der Waals surface area contributed by atoms with Crippen LogP contribution in [-0.4, -0.2) is 61.3 Å². The summed E-state index contributed by atoms with van der Waals surface area (Å²) in [6, 6.07) is 18.9. The van der Waals surface area contributed by atoms with Crippen molar-refractivity contribution >= 4 is 28.1 Å². The van der Waals surface area contributed by atoms with E-state index in [1.807, 2.05) is 18.2 Å². The molecule has 13 heteroatoms. The van der Waals surface area contributed by atoms with Crippen molar-refractivity contribution in [3.63, 3.8) is 0 Å². The first-order chi connectivity index (χ1) is 21.1. The van der Waals surface area contributed by atoms with E-state index in [-0.39, 0.29) is 30.2 Å². The van der Waals surface area contributed by atoms with Crippen LogP contribution in [0.1, 0.15) is 38.8 Å². The second-order valence-corrected chi connectivity index (χ2v) is 13.6.